The molecule has 1 heterocycles. The number of rotatable bonds is 9. The van der Waals surface area contributed by atoms with Crippen LogP contribution in [0.5, 0.6) is 0 Å². The topological polar surface area (TPSA) is 105 Å². The predicted molar refractivity (Wildman–Crippen MR) is 147 cm³/mol. The van der Waals surface area contributed by atoms with Gasteiger partial charge >= 0.3 is 12.1 Å². The summed E-state index contributed by atoms with van der Waals surface area (Å²) in [6.07, 6.45) is -0.810. The average Bonchev–Trinajstić information content (AvgIpc) is 3.40. The van der Waals surface area contributed by atoms with Crippen molar-refractivity contribution in [1.82, 2.24) is 10.2 Å². The molecule has 40 heavy (non-hydrogen) atoms. The molecule has 2 aliphatic carbocycles. The fourth-order valence-corrected chi connectivity index (χ4v) is 6.22. The first-order chi connectivity index (χ1) is 19.4. The number of nitrogens with one attached hydrogen (secondary N) is 1. The van der Waals surface area contributed by atoms with Crippen LogP contribution in [0.25, 0.3) is 11.1 Å². The Kier molecular flexibility index (Phi) is 6.80. The molecular weight excluding hydrogens is 508 g/mol. The van der Waals surface area contributed by atoms with Crippen LogP contribution >= 0.6 is 0 Å². The number of piperidine rings is 1. The van der Waals surface area contributed by atoms with E-state index in [1.165, 1.54) is 0 Å². The van der Waals surface area contributed by atoms with Gasteiger partial charge in [-0.3, -0.25) is 9.59 Å². The van der Waals surface area contributed by atoms with Gasteiger partial charge in [-0.15, -0.1) is 0 Å². The normalized spacial score (nSPS) is 22.0. The minimum Gasteiger partial charge on any atom is -0.481 e. The Hall–Kier alpha value is -4.17. The largest absolute Gasteiger partial charge is 0.481 e. The summed E-state index contributed by atoms with van der Waals surface area (Å²) >= 11 is 0. The molecular formula is C32H32N2O6. The van der Waals surface area contributed by atoms with Crippen molar-refractivity contribution in [1.29, 1.82) is 0 Å². The summed E-state index contributed by atoms with van der Waals surface area (Å²) in [6.45, 7) is 2.62. The number of amides is 2. The summed E-state index contributed by atoms with van der Waals surface area (Å²) in [7, 11) is 0. The van der Waals surface area contributed by atoms with E-state index in [1.807, 2.05) is 66.7 Å². The fraction of sp³-hybridized carbons (Fsp3) is 0.344. The number of hydrogen-bond acceptors (Lipinski definition) is 5. The van der Waals surface area contributed by atoms with Crippen molar-refractivity contribution in [3.8, 4) is 11.1 Å². The van der Waals surface area contributed by atoms with Crippen LogP contribution in [0.1, 0.15) is 36.0 Å². The molecule has 0 radical (unpaired) electrons. The predicted octanol–water partition coefficient (Wildman–Crippen LogP) is 4.43. The first-order valence-corrected chi connectivity index (χ1v) is 13.7. The van der Waals surface area contributed by atoms with Gasteiger partial charge in [0.25, 0.3) is 0 Å². The van der Waals surface area contributed by atoms with Crippen molar-refractivity contribution < 1.29 is 29.0 Å². The molecule has 1 saturated carbocycles. The van der Waals surface area contributed by atoms with Gasteiger partial charge in [-0.2, -0.15) is 0 Å². The molecule has 206 valence electrons. The van der Waals surface area contributed by atoms with E-state index in [2.05, 4.69) is 17.4 Å². The molecule has 3 aliphatic rings. The van der Waals surface area contributed by atoms with Crippen LogP contribution in [-0.4, -0.2) is 59.8 Å². The fourth-order valence-electron chi connectivity index (χ4n) is 6.22. The van der Waals surface area contributed by atoms with Gasteiger partial charge in [-0.25, -0.2) is 4.79 Å². The van der Waals surface area contributed by atoms with Crippen molar-refractivity contribution in [2.24, 2.45) is 11.3 Å². The molecule has 2 amide bonds. The molecule has 1 aliphatic heterocycles. The maximum Gasteiger partial charge on any atom is 0.407 e. The summed E-state index contributed by atoms with van der Waals surface area (Å²) in [4.78, 5) is 40.1. The summed E-state index contributed by atoms with van der Waals surface area (Å²) in [6, 6.07) is 24.7. The van der Waals surface area contributed by atoms with E-state index >= 15 is 0 Å². The summed E-state index contributed by atoms with van der Waals surface area (Å²) in [5.41, 5.74) is 4.52. The maximum atomic E-state index is 13.6. The van der Waals surface area contributed by atoms with Crippen LogP contribution in [0.4, 0.5) is 4.79 Å². The lowest BCUT2D eigenvalue weighted by Gasteiger charge is -2.29. The molecule has 6 rings (SSSR count). The lowest BCUT2D eigenvalue weighted by Crippen LogP contribution is -2.54. The summed E-state index contributed by atoms with van der Waals surface area (Å²) < 4.78 is 11.7. The van der Waals surface area contributed by atoms with Crippen molar-refractivity contribution in [2.75, 3.05) is 19.7 Å². The first-order valence-electron chi connectivity index (χ1n) is 13.7. The number of hydrogen-bond donors (Lipinski definition) is 2. The lowest BCUT2D eigenvalue weighted by atomic mass is 9.98. The van der Waals surface area contributed by atoms with Gasteiger partial charge in [0.05, 0.1) is 18.1 Å². The highest BCUT2D eigenvalue weighted by atomic mass is 16.5. The molecule has 3 aromatic carbocycles. The zero-order valence-electron chi connectivity index (χ0n) is 22.3. The number of likely N-dealkylation sites (tertiary alicyclic amines) is 1. The number of ether oxygens (including phenoxy) is 2. The number of carboxylic acids is 1. The quantitative estimate of drug-likeness (QED) is 0.416. The summed E-state index contributed by atoms with van der Waals surface area (Å²) in [5.74, 6) is -1.39. The van der Waals surface area contributed by atoms with Crippen LogP contribution < -0.4 is 5.32 Å². The lowest BCUT2D eigenvalue weighted by molar-refractivity contribution is -0.144. The van der Waals surface area contributed by atoms with Gasteiger partial charge in [0.1, 0.15) is 12.6 Å². The molecule has 2 N–H and O–H groups in total. The smallest absolute Gasteiger partial charge is 0.407 e. The highest BCUT2D eigenvalue weighted by molar-refractivity contribution is 5.89. The summed E-state index contributed by atoms with van der Waals surface area (Å²) in [5, 5.41) is 12.4. The van der Waals surface area contributed by atoms with Crippen LogP contribution in [0.3, 0.4) is 0 Å². The van der Waals surface area contributed by atoms with Crippen molar-refractivity contribution in [2.45, 2.75) is 38.0 Å². The Morgan fingerprint density at radius 2 is 1.60 bits per heavy atom. The molecule has 4 atom stereocenters. The van der Waals surface area contributed by atoms with E-state index in [1.54, 1.807) is 11.8 Å². The number of aliphatic carboxylic acids is 1. The van der Waals surface area contributed by atoms with E-state index in [9.17, 15) is 19.5 Å². The second kappa shape index (κ2) is 10.4. The number of nitrogens with zero attached hydrogens (tertiary/aromatic N) is 1. The van der Waals surface area contributed by atoms with Gasteiger partial charge in [-0.1, -0.05) is 78.9 Å². The number of carboxylic acid groups (broad SMARTS) is 1. The zero-order chi connectivity index (χ0) is 27.9. The molecule has 3 aromatic rings. The van der Waals surface area contributed by atoms with E-state index in [0.717, 1.165) is 27.8 Å². The van der Waals surface area contributed by atoms with Crippen molar-refractivity contribution in [3.05, 3.63) is 95.6 Å². The Balaban J connectivity index is 1.15. The Morgan fingerprint density at radius 1 is 0.975 bits per heavy atom. The number of fused-ring (bicyclic) bond motifs is 4. The Labute approximate surface area is 232 Å². The molecule has 1 saturated heterocycles. The highest BCUT2D eigenvalue weighted by Crippen LogP contribution is 2.58. The second-order valence-corrected chi connectivity index (χ2v) is 11.0. The minimum absolute atomic E-state index is 0.0513. The SMILES string of the molecule is C[C@H](OCc1ccccc1)[C@@H](NC(=O)OCC1c2ccccc2-c2ccccc21)C(=O)N1CC2CC2(C(=O)O)C1. The van der Waals surface area contributed by atoms with E-state index < -0.39 is 29.6 Å². The molecule has 8 heteroatoms. The molecule has 0 aromatic heterocycles. The van der Waals surface area contributed by atoms with Gasteiger partial charge < -0.3 is 24.8 Å². The van der Waals surface area contributed by atoms with Gasteiger partial charge in [0.15, 0.2) is 0 Å². The average molecular weight is 541 g/mol. The molecule has 2 fully saturated rings. The van der Waals surface area contributed by atoms with E-state index in [-0.39, 0.29) is 37.5 Å². The van der Waals surface area contributed by atoms with E-state index in [4.69, 9.17) is 9.47 Å². The van der Waals surface area contributed by atoms with Crippen LogP contribution in [0.15, 0.2) is 78.9 Å². The third-order valence-electron chi connectivity index (χ3n) is 8.59. The number of alkyl carbamates (subject to hydrolysis) is 1. The minimum atomic E-state index is -1.03. The maximum absolute atomic E-state index is 13.6. The van der Waals surface area contributed by atoms with Crippen molar-refractivity contribution >= 4 is 18.0 Å². The van der Waals surface area contributed by atoms with Gasteiger partial charge in [0, 0.05) is 19.0 Å². The highest BCUT2D eigenvalue weighted by Gasteiger charge is 2.66. The van der Waals surface area contributed by atoms with Crippen LogP contribution in [0.2, 0.25) is 0 Å². The first kappa shape index (κ1) is 26.1. The Morgan fingerprint density at radius 3 is 2.23 bits per heavy atom. The van der Waals surface area contributed by atoms with Crippen LogP contribution in [-0.2, 0) is 25.7 Å². The standard InChI is InChI=1S/C32H32N2O6/c1-20(39-17-21-9-3-2-4-10-21)28(29(35)34-16-22-15-32(22,19-34)30(36)37)33-31(38)40-18-27-25-13-7-5-11-23(25)24-12-6-8-14-26(24)27/h2-14,20,22,27-28H,15-19H2,1H3,(H,33,38)(H,36,37)/t20-,22?,28+,32?/m0/s1. The molecule has 2 unspecified atom stereocenters. The number of carbonyl (C=O) groups is 3. The number of carbonyl (C=O) groups excluding carboxylic acids is 2. The molecule has 0 bridgehead atoms. The number of benzene rings is 3. The van der Waals surface area contributed by atoms with Crippen molar-refractivity contribution in [3.63, 3.8) is 0 Å². The van der Waals surface area contributed by atoms with E-state index in [0.29, 0.717) is 13.0 Å². The second-order valence-electron chi connectivity index (χ2n) is 11.0. The molecule has 8 nitrogen and oxygen atoms in total. The third kappa shape index (κ3) is 4.73. The Bertz CT molecular complexity index is 1400. The van der Waals surface area contributed by atoms with Crippen LogP contribution in [0, 0.1) is 11.3 Å². The zero-order valence-corrected chi connectivity index (χ0v) is 22.3. The van der Waals surface area contributed by atoms with Gasteiger partial charge in [-0.05, 0) is 47.1 Å². The van der Waals surface area contributed by atoms with Gasteiger partial charge in [0.2, 0.25) is 5.91 Å². The third-order valence-corrected chi connectivity index (χ3v) is 8.59. The molecule has 0 spiro atoms. The monoisotopic (exact) mass is 540 g/mol.